The summed E-state index contributed by atoms with van der Waals surface area (Å²) in [5, 5.41) is 21.1. The van der Waals surface area contributed by atoms with Gasteiger partial charge in [0.15, 0.2) is 0 Å². The van der Waals surface area contributed by atoms with Crippen LogP contribution in [0.5, 0.6) is 0 Å². The van der Waals surface area contributed by atoms with Gasteiger partial charge in [-0.05, 0) is 107 Å². The molecule has 5 rings (SSSR count). The fourth-order valence-electron chi connectivity index (χ4n) is 9.24. The predicted molar refractivity (Wildman–Crippen MR) is 189 cm³/mol. The van der Waals surface area contributed by atoms with Crippen LogP contribution in [0.2, 0.25) is 0 Å². The quantitative estimate of drug-likeness (QED) is 0.236. The number of hydrogen-bond acceptors (Lipinski definition) is 11. The average Bonchev–Trinajstić information content (AvgIpc) is 2.99. The molecule has 2 saturated heterocycles. The van der Waals surface area contributed by atoms with E-state index >= 15 is 0 Å². The van der Waals surface area contributed by atoms with E-state index in [0.717, 1.165) is 51.4 Å². The summed E-state index contributed by atoms with van der Waals surface area (Å²) in [7, 11) is 2.11. The Morgan fingerprint density at radius 1 is 0.681 bits per heavy atom. The molecule has 3 N–H and O–H groups in total. The van der Waals surface area contributed by atoms with Gasteiger partial charge in [-0.25, -0.2) is 0 Å². The summed E-state index contributed by atoms with van der Waals surface area (Å²) in [6.07, 6.45) is 16.6. The SMILES string of the molecule is CN(c1nc(NCCO)nc(NC2CC(C)(C)N(OC3CCCCC3)C(C)(C)C2)n1)C1CC(C)(C)N(OC2CCCCC2)C(C)(C)C1. The summed E-state index contributed by atoms with van der Waals surface area (Å²) >= 11 is 0. The van der Waals surface area contributed by atoms with Crippen molar-refractivity contribution in [2.75, 3.05) is 35.7 Å². The van der Waals surface area contributed by atoms with E-state index < -0.39 is 0 Å². The van der Waals surface area contributed by atoms with Gasteiger partial charge < -0.3 is 20.6 Å². The van der Waals surface area contributed by atoms with Crippen LogP contribution in [0.3, 0.4) is 0 Å². The number of piperidine rings is 2. The summed E-state index contributed by atoms with van der Waals surface area (Å²) < 4.78 is 0. The highest BCUT2D eigenvalue weighted by molar-refractivity contribution is 5.45. The van der Waals surface area contributed by atoms with E-state index in [2.05, 4.69) is 88.1 Å². The molecule has 4 aliphatic rings. The summed E-state index contributed by atoms with van der Waals surface area (Å²) in [5.41, 5.74) is -0.636. The Kier molecular flexibility index (Phi) is 11.3. The molecule has 2 aliphatic heterocycles. The zero-order valence-electron chi connectivity index (χ0n) is 31.1. The van der Waals surface area contributed by atoms with Crippen molar-refractivity contribution in [3.63, 3.8) is 0 Å². The maximum Gasteiger partial charge on any atom is 0.231 e. The maximum absolute atomic E-state index is 9.56. The zero-order valence-corrected chi connectivity index (χ0v) is 31.1. The van der Waals surface area contributed by atoms with Crippen molar-refractivity contribution in [1.29, 1.82) is 0 Å². The molecule has 0 spiro atoms. The first-order chi connectivity index (χ1) is 22.1. The summed E-state index contributed by atoms with van der Waals surface area (Å²) in [4.78, 5) is 30.4. The van der Waals surface area contributed by atoms with Crippen molar-refractivity contribution in [3.8, 4) is 0 Å². The first kappa shape index (κ1) is 36.5. The number of aliphatic hydroxyl groups is 1. The fraction of sp³-hybridized carbons (Fsp3) is 0.917. The molecule has 0 atom stereocenters. The standard InChI is InChI=1S/C36H66N8O3/c1-33(2)22-26(23-34(3,4)43(33)46-28-16-12-10-13-17-28)38-31-39-30(37-20-21-45)40-32(41-31)42(9)27-24-35(5,6)44(36(7,8)25-27)47-29-18-14-11-15-19-29/h26-29,45H,10-25H2,1-9H3,(H2,37,38,39,40,41). The van der Waals surface area contributed by atoms with Crippen LogP contribution in [0.4, 0.5) is 17.8 Å². The third kappa shape index (κ3) is 8.87. The highest BCUT2D eigenvalue weighted by atomic mass is 16.7. The molecule has 2 saturated carbocycles. The van der Waals surface area contributed by atoms with Gasteiger partial charge in [-0.2, -0.15) is 25.1 Å². The molecule has 4 fully saturated rings. The van der Waals surface area contributed by atoms with Gasteiger partial charge in [0.25, 0.3) is 0 Å². The average molecular weight is 659 g/mol. The molecule has 268 valence electrons. The number of nitrogens with one attached hydrogen (secondary N) is 2. The number of aromatic nitrogens is 3. The van der Waals surface area contributed by atoms with Gasteiger partial charge in [0.1, 0.15) is 0 Å². The third-order valence-corrected chi connectivity index (χ3v) is 11.0. The second kappa shape index (κ2) is 14.6. The first-order valence-corrected chi connectivity index (χ1v) is 18.6. The number of nitrogens with zero attached hydrogens (tertiary/aromatic N) is 6. The van der Waals surface area contributed by atoms with Crippen LogP contribution in [-0.4, -0.2) is 96.8 Å². The van der Waals surface area contributed by atoms with Crippen molar-refractivity contribution in [2.24, 2.45) is 0 Å². The maximum atomic E-state index is 9.56. The van der Waals surface area contributed by atoms with E-state index in [1.165, 1.54) is 38.5 Å². The molecular weight excluding hydrogens is 592 g/mol. The van der Waals surface area contributed by atoms with Crippen LogP contribution < -0.4 is 15.5 Å². The second-order valence-corrected chi connectivity index (χ2v) is 17.4. The van der Waals surface area contributed by atoms with Gasteiger partial charge in [-0.15, -0.1) is 0 Å². The topological polar surface area (TPSA) is 111 Å². The fourth-order valence-corrected chi connectivity index (χ4v) is 9.24. The van der Waals surface area contributed by atoms with Crippen molar-refractivity contribution >= 4 is 17.8 Å². The Morgan fingerprint density at radius 3 is 1.60 bits per heavy atom. The monoisotopic (exact) mass is 659 g/mol. The third-order valence-electron chi connectivity index (χ3n) is 11.0. The van der Waals surface area contributed by atoms with E-state index in [0.29, 0.717) is 36.6 Å². The normalized spacial score (nSPS) is 26.3. The molecule has 11 heteroatoms. The lowest BCUT2D eigenvalue weighted by Crippen LogP contribution is -2.64. The van der Waals surface area contributed by atoms with E-state index in [-0.39, 0.29) is 40.8 Å². The molecule has 47 heavy (non-hydrogen) atoms. The highest BCUT2D eigenvalue weighted by Gasteiger charge is 2.50. The van der Waals surface area contributed by atoms with Gasteiger partial charge >= 0.3 is 0 Å². The minimum Gasteiger partial charge on any atom is -0.395 e. The molecule has 0 amide bonds. The molecule has 0 radical (unpaired) electrons. The van der Waals surface area contributed by atoms with Crippen LogP contribution in [-0.2, 0) is 9.68 Å². The van der Waals surface area contributed by atoms with E-state index in [4.69, 9.17) is 24.6 Å². The number of rotatable bonds is 11. The number of aliphatic hydroxyl groups excluding tert-OH is 1. The van der Waals surface area contributed by atoms with Crippen LogP contribution in [0.25, 0.3) is 0 Å². The lowest BCUT2D eigenvalue weighted by Gasteiger charge is -2.56. The van der Waals surface area contributed by atoms with Crippen molar-refractivity contribution in [3.05, 3.63) is 0 Å². The summed E-state index contributed by atoms with van der Waals surface area (Å²) in [5.74, 6) is 1.68. The Morgan fingerprint density at radius 2 is 1.13 bits per heavy atom. The Balaban J connectivity index is 1.32. The predicted octanol–water partition coefficient (Wildman–Crippen LogP) is 6.70. The zero-order chi connectivity index (χ0) is 34.0. The van der Waals surface area contributed by atoms with Crippen LogP contribution in [0.15, 0.2) is 0 Å². The van der Waals surface area contributed by atoms with E-state index in [9.17, 15) is 5.11 Å². The molecule has 11 nitrogen and oxygen atoms in total. The Hall–Kier alpha value is -1.79. The first-order valence-electron chi connectivity index (χ1n) is 18.6. The molecule has 3 heterocycles. The van der Waals surface area contributed by atoms with Gasteiger partial charge in [-0.1, -0.05) is 38.5 Å². The van der Waals surface area contributed by atoms with Gasteiger partial charge in [-0.3, -0.25) is 9.68 Å². The minimum absolute atomic E-state index is 0.00326. The molecule has 0 bridgehead atoms. The second-order valence-electron chi connectivity index (χ2n) is 17.4. The number of hydrogen-bond donors (Lipinski definition) is 3. The van der Waals surface area contributed by atoms with Gasteiger partial charge in [0.2, 0.25) is 17.8 Å². The minimum atomic E-state index is -0.160. The van der Waals surface area contributed by atoms with Crippen LogP contribution in [0.1, 0.15) is 145 Å². The largest absolute Gasteiger partial charge is 0.395 e. The van der Waals surface area contributed by atoms with Gasteiger partial charge in [0.05, 0.1) is 18.8 Å². The Labute approximate surface area is 284 Å². The Bertz CT molecular complexity index is 1130. The van der Waals surface area contributed by atoms with Crippen molar-refractivity contribution in [2.45, 2.75) is 192 Å². The number of hydroxylamine groups is 4. The van der Waals surface area contributed by atoms with E-state index in [1.807, 2.05) is 0 Å². The molecule has 0 unspecified atom stereocenters. The van der Waals surface area contributed by atoms with E-state index in [1.54, 1.807) is 0 Å². The van der Waals surface area contributed by atoms with Crippen LogP contribution >= 0.6 is 0 Å². The van der Waals surface area contributed by atoms with Crippen molar-refractivity contribution < 1.29 is 14.8 Å². The highest BCUT2D eigenvalue weighted by Crippen LogP contribution is 2.43. The summed E-state index contributed by atoms with van der Waals surface area (Å²) in [6, 6.07) is 0.376. The van der Waals surface area contributed by atoms with Crippen molar-refractivity contribution in [1.82, 2.24) is 25.1 Å². The molecule has 2 aliphatic carbocycles. The molecule has 1 aromatic rings. The smallest absolute Gasteiger partial charge is 0.231 e. The number of anilines is 3. The molecule has 1 aromatic heterocycles. The lowest BCUT2D eigenvalue weighted by atomic mass is 9.78. The summed E-state index contributed by atoms with van der Waals surface area (Å²) in [6.45, 7) is 18.8. The van der Waals surface area contributed by atoms with Crippen LogP contribution in [0, 0.1) is 0 Å². The molecule has 0 aromatic carbocycles. The van der Waals surface area contributed by atoms with Gasteiger partial charge in [0, 0.05) is 47.8 Å². The lowest BCUT2D eigenvalue weighted by molar-refractivity contribution is -0.309. The molecular formula is C36H66N8O3.